The van der Waals surface area contributed by atoms with E-state index in [-0.39, 0.29) is 0 Å². The minimum Gasteiger partial charge on any atom is -0.478 e. The van der Waals surface area contributed by atoms with E-state index in [9.17, 15) is 4.79 Å². The van der Waals surface area contributed by atoms with Gasteiger partial charge in [0.15, 0.2) is 0 Å². The Balaban J connectivity index is 1.88. The Bertz CT molecular complexity index is 403. The Labute approximate surface area is 114 Å². The summed E-state index contributed by atoms with van der Waals surface area (Å²) < 4.78 is 5.49. The Morgan fingerprint density at radius 1 is 1.21 bits per heavy atom. The fraction of sp³-hybridized carbons (Fsp3) is 0.562. The van der Waals surface area contributed by atoms with Crippen LogP contribution >= 0.6 is 0 Å². The zero-order chi connectivity index (χ0) is 13.7. The third-order valence-electron chi connectivity index (χ3n) is 4.03. The van der Waals surface area contributed by atoms with Crippen LogP contribution in [0.4, 0.5) is 0 Å². The molecule has 2 rings (SSSR count). The fourth-order valence-electron chi connectivity index (χ4n) is 2.84. The summed E-state index contributed by atoms with van der Waals surface area (Å²) in [5, 5.41) is 8.89. The molecule has 1 N–H and O–H groups in total. The molecule has 1 aliphatic rings. The number of hydrogen-bond acceptors (Lipinski definition) is 2. The number of aromatic carboxylic acids is 1. The molecule has 1 fully saturated rings. The normalized spacial score (nSPS) is 23.2. The van der Waals surface area contributed by atoms with Gasteiger partial charge in [0.05, 0.1) is 5.56 Å². The molecule has 19 heavy (non-hydrogen) atoms. The Morgan fingerprint density at radius 3 is 2.37 bits per heavy atom. The first-order valence-electron chi connectivity index (χ1n) is 7.11. The standard InChI is InChI=1S/C16H22O3/c1-2-19-11-12-3-5-13(6-4-12)14-7-9-15(10-8-14)16(17)18/h7-10,12-13H,2-6,11H2,1H3,(H,17,18)/t12-,13-. The Morgan fingerprint density at radius 2 is 1.84 bits per heavy atom. The van der Waals surface area contributed by atoms with Crippen molar-refractivity contribution in [2.24, 2.45) is 5.92 Å². The summed E-state index contributed by atoms with van der Waals surface area (Å²) in [6.07, 6.45) is 4.80. The molecule has 0 radical (unpaired) electrons. The smallest absolute Gasteiger partial charge is 0.335 e. The van der Waals surface area contributed by atoms with E-state index < -0.39 is 5.97 Å². The molecule has 1 aliphatic carbocycles. The van der Waals surface area contributed by atoms with Gasteiger partial charge in [-0.3, -0.25) is 0 Å². The molecule has 0 saturated heterocycles. The zero-order valence-electron chi connectivity index (χ0n) is 11.5. The second kappa shape index (κ2) is 6.71. The van der Waals surface area contributed by atoms with E-state index in [0.717, 1.165) is 13.2 Å². The minimum atomic E-state index is -0.855. The van der Waals surface area contributed by atoms with Crippen molar-refractivity contribution >= 4 is 5.97 Å². The van der Waals surface area contributed by atoms with Gasteiger partial charge in [0, 0.05) is 13.2 Å². The molecule has 0 amide bonds. The van der Waals surface area contributed by atoms with Crippen LogP contribution in [0.2, 0.25) is 0 Å². The van der Waals surface area contributed by atoms with Crippen LogP contribution in [-0.4, -0.2) is 24.3 Å². The largest absolute Gasteiger partial charge is 0.478 e. The van der Waals surface area contributed by atoms with E-state index in [0.29, 0.717) is 17.4 Å². The monoisotopic (exact) mass is 262 g/mol. The third-order valence-corrected chi connectivity index (χ3v) is 4.03. The summed E-state index contributed by atoms with van der Waals surface area (Å²) >= 11 is 0. The van der Waals surface area contributed by atoms with Crippen molar-refractivity contribution in [3.05, 3.63) is 35.4 Å². The highest BCUT2D eigenvalue weighted by atomic mass is 16.5. The number of carboxylic acid groups (broad SMARTS) is 1. The molecule has 0 spiro atoms. The maximum absolute atomic E-state index is 10.8. The average Bonchev–Trinajstić information content (AvgIpc) is 2.46. The second-order valence-electron chi connectivity index (χ2n) is 5.30. The fourth-order valence-corrected chi connectivity index (χ4v) is 2.84. The van der Waals surface area contributed by atoms with Gasteiger partial charge in [0.2, 0.25) is 0 Å². The molecule has 1 aromatic carbocycles. The lowest BCUT2D eigenvalue weighted by Gasteiger charge is -2.28. The van der Waals surface area contributed by atoms with Crippen molar-refractivity contribution < 1.29 is 14.6 Å². The van der Waals surface area contributed by atoms with Crippen molar-refractivity contribution in [1.29, 1.82) is 0 Å². The maximum atomic E-state index is 10.8. The molecule has 1 saturated carbocycles. The van der Waals surface area contributed by atoms with Gasteiger partial charge in [-0.15, -0.1) is 0 Å². The molecular weight excluding hydrogens is 240 g/mol. The number of ether oxygens (including phenoxy) is 1. The topological polar surface area (TPSA) is 46.5 Å². The quantitative estimate of drug-likeness (QED) is 0.880. The molecule has 0 atom stereocenters. The van der Waals surface area contributed by atoms with Gasteiger partial charge in [0.25, 0.3) is 0 Å². The third kappa shape index (κ3) is 3.80. The summed E-state index contributed by atoms with van der Waals surface area (Å²) in [5.74, 6) is 0.433. The SMILES string of the molecule is CCOC[C@H]1CC[C@H](c2ccc(C(=O)O)cc2)CC1. The van der Waals surface area contributed by atoms with Crippen molar-refractivity contribution in [2.45, 2.75) is 38.5 Å². The number of benzene rings is 1. The van der Waals surface area contributed by atoms with Crippen LogP contribution in [0.5, 0.6) is 0 Å². The van der Waals surface area contributed by atoms with Gasteiger partial charge >= 0.3 is 5.97 Å². The minimum absolute atomic E-state index is 0.369. The van der Waals surface area contributed by atoms with Crippen LogP contribution in [0.1, 0.15) is 54.4 Å². The number of rotatable bonds is 5. The summed E-state index contributed by atoms with van der Waals surface area (Å²) in [6, 6.07) is 7.36. The summed E-state index contributed by atoms with van der Waals surface area (Å²) in [7, 11) is 0. The first kappa shape index (κ1) is 14.1. The molecule has 0 aromatic heterocycles. The van der Waals surface area contributed by atoms with Gasteiger partial charge in [-0.25, -0.2) is 4.79 Å². The predicted molar refractivity (Wildman–Crippen MR) is 74.6 cm³/mol. The van der Waals surface area contributed by atoms with Gasteiger partial charge in [-0.1, -0.05) is 12.1 Å². The van der Waals surface area contributed by atoms with E-state index >= 15 is 0 Å². The van der Waals surface area contributed by atoms with Crippen molar-refractivity contribution in [2.75, 3.05) is 13.2 Å². The highest BCUT2D eigenvalue weighted by Crippen LogP contribution is 2.35. The van der Waals surface area contributed by atoms with Gasteiger partial charge in [-0.2, -0.15) is 0 Å². The lowest BCUT2D eigenvalue weighted by Crippen LogP contribution is -2.17. The van der Waals surface area contributed by atoms with Crippen LogP contribution in [-0.2, 0) is 4.74 Å². The van der Waals surface area contributed by atoms with E-state index in [1.165, 1.54) is 31.2 Å². The highest BCUT2D eigenvalue weighted by molar-refractivity contribution is 5.87. The molecule has 104 valence electrons. The van der Waals surface area contributed by atoms with Crippen LogP contribution in [0, 0.1) is 5.92 Å². The molecule has 3 nitrogen and oxygen atoms in total. The maximum Gasteiger partial charge on any atom is 0.335 e. The van der Waals surface area contributed by atoms with Crippen LogP contribution in [0.25, 0.3) is 0 Å². The van der Waals surface area contributed by atoms with Crippen molar-refractivity contribution in [1.82, 2.24) is 0 Å². The first-order valence-corrected chi connectivity index (χ1v) is 7.11. The molecule has 0 heterocycles. The summed E-state index contributed by atoms with van der Waals surface area (Å²) in [4.78, 5) is 10.8. The van der Waals surface area contributed by atoms with Crippen LogP contribution in [0.3, 0.4) is 0 Å². The highest BCUT2D eigenvalue weighted by Gasteiger charge is 2.22. The average molecular weight is 262 g/mol. The lowest BCUT2D eigenvalue weighted by molar-refractivity contribution is 0.0696. The molecule has 0 unspecified atom stereocenters. The van der Waals surface area contributed by atoms with E-state index in [4.69, 9.17) is 9.84 Å². The van der Waals surface area contributed by atoms with Gasteiger partial charge in [-0.05, 0) is 62.1 Å². The van der Waals surface area contributed by atoms with Gasteiger partial charge < -0.3 is 9.84 Å². The summed E-state index contributed by atoms with van der Waals surface area (Å²) in [6.45, 7) is 3.73. The molecule has 0 aliphatic heterocycles. The molecule has 3 heteroatoms. The van der Waals surface area contributed by atoms with Gasteiger partial charge in [0.1, 0.15) is 0 Å². The van der Waals surface area contributed by atoms with E-state index in [1.807, 2.05) is 19.1 Å². The molecule has 0 bridgehead atoms. The zero-order valence-corrected chi connectivity index (χ0v) is 11.5. The lowest BCUT2D eigenvalue weighted by atomic mass is 9.79. The Kier molecular flexibility index (Phi) is 4.97. The number of carboxylic acids is 1. The predicted octanol–water partition coefficient (Wildman–Crippen LogP) is 3.70. The van der Waals surface area contributed by atoms with E-state index in [2.05, 4.69) is 0 Å². The molecule has 1 aromatic rings. The van der Waals surface area contributed by atoms with Crippen molar-refractivity contribution in [3.63, 3.8) is 0 Å². The summed E-state index contributed by atoms with van der Waals surface area (Å²) in [5.41, 5.74) is 1.65. The molecular formula is C16H22O3. The van der Waals surface area contributed by atoms with Crippen LogP contribution in [0.15, 0.2) is 24.3 Å². The first-order chi connectivity index (χ1) is 9.20. The Hall–Kier alpha value is -1.35. The number of hydrogen-bond donors (Lipinski definition) is 1. The van der Waals surface area contributed by atoms with Crippen molar-refractivity contribution in [3.8, 4) is 0 Å². The van der Waals surface area contributed by atoms with Crippen LogP contribution < -0.4 is 0 Å². The van der Waals surface area contributed by atoms with E-state index in [1.54, 1.807) is 12.1 Å². The second-order valence-corrected chi connectivity index (χ2v) is 5.30. The number of carbonyl (C=O) groups is 1.